The van der Waals surface area contributed by atoms with E-state index in [-0.39, 0.29) is 5.91 Å². The maximum Gasteiger partial charge on any atom is 0.326 e. The molecule has 0 bridgehead atoms. The third kappa shape index (κ3) is 3.72. The Morgan fingerprint density at radius 2 is 2.05 bits per heavy atom. The number of hydrogen-bond donors (Lipinski definition) is 1. The van der Waals surface area contributed by atoms with E-state index in [1.54, 1.807) is 6.08 Å². The molecule has 112 valence electrons. The molecule has 1 saturated heterocycles. The van der Waals surface area contributed by atoms with E-state index in [2.05, 4.69) is 6.07 Å². The molecular weight excluding hydrogens is 266 g/mol. The quantitative estimate of drug-likeness (QED) is 0.870. The van der Waals surface area contributed by atoms with Crippen LogP contribution in [0.1, 0.15) is 36.0 Å². The Labute approximate surface area is 125 Å². The first-order valence-electron chi connectivity index (χ1n) is 7.28. The molecular formula is C17H21NO3. The van der Waals surface area contributed by atoms with Crippen molar-refractivity contribution >= 4 is 18.0 Å². The Bertz CT molecular complexity index is 577. The van der Waals surface area contributed by atoms with Crippen molar-refractivity contribution in [3.63, 3.8) is 0 Å². The van der Waals surface area contributed by atoms with Crippen LogP contribution in [0.15, 0.2) is 24.3 Å². The standard InChI is InChI=1S/C17H21NO3/c1-12-6-7-14(13(2)11-12)8-9-16(19)18-10-4-3-5-15(18)17(20)21/h6-9,11,15H,3-5,10H2,1-2H3,(H,20,21)/b9-8+. The van der Waals surface area contributed by atoms with E-state index in [1.165, 1.54) is 16.5 Å². The first-order valence-corrected chi connectivity index (χ1v) is 7.28. The van der Waals surface area contributed by atoms with Crippen LogP contribution in [0.4, 0.5) is 0 Å². The molecule has 1 aliphatic heterocycles. The zero-order valence-corrected chi connectivity index (χ0v) is 12.5. The monoisotopic (exact) mass is 287 g/mol. The number of carboxylic acid groups (broad SMARTS) is 1. The molecule has 1 aliphatic rings. The lowest BCUT2D eigenvalue weighted by molar-refractivity contribution is -0.150. The number of carbonyl (C=O) groups is 2. The Kier molecular flexibility index (Phi) is 4.78. The second kappa shape index (κ2) is 6.57. The molecule has 2 rings (SSSR count). The van der Waals surface area contributed by atoms with E-state index in [4.69, 9.17) is 0 Å². The number of aliphatic carboxylic acids is 1. The third-order valence-corrected chi connectivity index (χ3v) is 3.90. The minimum Gasteiger partial charge on any atom is -0.480 e. The summed E-state index contributed by atoms with van der Waals surface area (Å²) in [4.78, 5) is 24.9. The molecule has 1 amide bonds. The van der Waals surface area contributed by atoms with Gasteiger partial charge in [-0.25, -0.2) is 4.79 Å². The smallest absolute Gasteiger partial charge is 0.326 e. The Morgan fingerprint density at radius 1 is 1.29 bits per heavy atom. The van der Waals surface area contributed by atoms with E-state index in [0.29, 0.717) is 13.0 Å². The van der Waals surface area contributed by atoms with Crippen molar-refractivity contribution in [2.75, 3.05) is 6.54 Å². The summed E-state index contributed by atoms with van der Waals surface area (Å²) in [5.74, 6) is -1.13. The molecule has 1 fully saturated rings. The van der Waals surface area contributed by atoms with Gasteiger partial charge in [-0.15, -0.1) is 0 Å². The average molecular weight is 287 g/mol. The van der Waals surface area contributed by atoms with Gasteiger partial charge in [-0.3, -0.25) is 4.79 Å². The average Bonchev–Trinajstić information content (AvgIpc) is 2.46. The fourth-order valence-corrected chi connectivity index (χ4v) is 2.72. The van der Waals surface area contributed by atoms with Crippen molar-refractivity contribution in [3.8, 4) is 0 Å². The summed E-state index contributed by atoms with van der Waals surface area (Å²) in [5, 5.41) is 9.20. The summed E-state index contributed by atoms with van der Waals surface area (Å²) in [5.41, 5.74) is 3.27. The van der Waals surface area contributed by atoms with Gasteiger partial charge in [-0.1, -0.05) is 23.8 Å². The van der Waals surface area contributed by atoms with Crippen molar-refractivity contribution in [3.05, 3.63) is 41.0 Å². The van der Waals surface area contributed by atoms with E-state index in [9.17, 15) is 14.7 Å². The van der Waals surface area contributed by atoms with Crippen LogP contribution < -0.4 is 0 Å². The first kappa shape index (κ1) is 15.3. The normalized spacial score (nSPS) is 19.0. The number of hydrogen-bond acceptors (Lipinski definition) is 2. The predicted octanol–water partition coefficient (Wildman–Crippen LogP) is 2.78. The van der Waals surface area contributed by atoms with E-state index < -0.39 is 12.0 Å². The Balaban J connectivity index is 2.12. The number of rotatable bonds is 3. The highest BCUT2D eigenvalue weighted by atomic mass is 16.4. The SMILES string of the molecule is Cc1ccc(/C=C/C(=O)N2CCCCC2C(=O)O)c(C)c1. The Hall–Kier alpha value is -2.10. The van der Waals surface area contributed by atoms with Crippen LogP contribution in [-0.4, -0.2) is 34.5 Å². The second-order valence-electron chi connectivity index (χ2n) is 5.57. The molecule has 1 aromatic carbocycles. The van der Waals surface area contributed by atoms with Gasteiger partial charge in [-0.05, 0) is 50.3 Å². The van der Waals surface area contributed by atoms with Crippen LogP contribution in [0.2, 0.25) is 0 Å². The van der Waals surface area contributed by atoms with E-state index in [1.807, 2.05) is 26.0 Å². The lowest BCUT2D eigenvalue weighted by Gasteiger charge is -2.32. The van der Waals surface area contributed by atoms with Gasteiger partial charge in [0.05, 0.1) is 0 Å². The summed E-state index contributed by atoms with van der Waals surface area (Å²) >= 11 is 0. The molecule has 0 aromatic heterocycles. The highest BCUT2D eigenvalue weighted by Gasteiger charge is 2.30. The summed E-state index contributed by atoms with van der Waals surface area (Å²) < 4.78 is 0. The largest absolute Gasteiger partial charge is 0.480 e. The van der Waals surface area contributed by atoms with Crippen LogP contribution in [0.5, 0.6) is 0 Å². The third-order valence-electron chi connectivity index (χ3n) is 3.90. The number of piperidine rings is 1. The van der Waals surface area contributed by atoms with Gasteiger partial charge in [0.1, 0.15) is 6.04 Å². The van der Waals surface area contributed by atoms with Gasteiger partial charge in [-0.2, -0.15) is 0 Å². The van der Waals surface area contributed by atoms with Gasteiger partial charge in [0.25, 0.3) is 0 Å². The zero-order valence-electron chi connectivity index (χ0n) is 12.5. The fourth-order valence-electron chi connectivity index (χ4n) is 2.72. The highest BCUT2D eigenvalue weighted by molar-refractivity contribution is 5.94. The van der Waals surface area contributed by atoms with Crippen molar-refractivity contribution in [2.24, 2.45) is 0 Å². The molecule has 21 heavy (non-hydrogen) atoms. The summed E-state index contributed by atoms with van der Waals surface area (Å²) in [6.07, 6.45) is 5.52. The predicted molar refractivity (Wildman–Crippen MR) is 81.9 cm³/mol. The molecule has 0 saturated carbocycles. The number of benzene rings is 1. The van der Waals surface area contributed by atoms with Crippen LogP contribution in [0.25, 0.3) is 6.08 Å². The van der Waals surface area contributed by atoms with Gasteiger partial charge >= 0.3 is 5.97 Å². The molecule has 1 unspecified atom stereocenters. The second-order valence-corrected chi connectivity index (χ2v) is 5.57. The lowest BCUT2D eigenvalue weighted by Crippen LogP contribution is -2.47. The molecule has 1 N–H and O–H groups in total. The van der Waals surface area contributed by atoms with Crippen LogP contribution in [-0.2, 0) is 9.59 Å². The van der Waals surface area contributed by atoms with Gasteiger partial charge < -0.3 is 10.0 Å². The molecule has 1 atom stereocenters. The van der Waals surface area contributed by atoms with Crippen molar-refractivity contribution in [2.45, 2.75) is 39.2 Å². The highest BCUT2D eigenvalue weighted by Crippen LogP contribution is 2.18. The summed E-state index contributed by atoms with van der Waals surface area (Å²) in [7, 11) is 0. The number of nitrogens with zero attached hydrogens (tertiary/aromatic N) is 1. The van der Waals surface area contributed by atoms with E-state index in [0.717, 1.165) is 24.0 Å². The molecule has 4 heteroatoms. The van der Waals surface area contributed by atoms with Crippen LogP contribution >= 0.6 is 0 Å². The maximum absolute atomic E-state index is 12.2. The minimum atomic E-state index is -0.914. The number of carboxylic acids is 1. The number of aryl methyl sites for hydroxylation is 2. The van der Waals surface area contributed by atoms with Crippen molar-refractivity contribution in [1.29, 1.82) is 0 Å². The lowest BCUT2D eigenvalue weighted by atomic mass is 10.0. The van der Waals surface area contributed by atoms with Crippen LogP contribution in [0.3, 0.4) is 0 Å². The molecule has 0 aliphatic carbocycles. The summed E-state index contributed by atoms with van der Waals surface area (Å²) in [6, 6.07) is 5.35. The summed E-state index contributed by atoms with van der Waals surface area (Å²) in [6.45, 7) is 4.54. The maximum atomic E-state index is 12.2. The fraction of sp³-hybridized carbons (Fsp3) is 0.412. The topological polar surface area (TPSA) is 57.6 Å². The van der Waals surface area contributed by atoms with Gasteiger partial charge in [0, 0.05) is 12.6 Å². The molecule has 0 radical (unpaired) electrons. The van der Waals surface area contributed by atoms with Gasteiger partial charge in [0.2, 0.25) is 5.91 Å². The van der Waals surface area contributed by atoms with Crippen LogP contribution in [0, 0.1) is 13.8 Å². The molecule has 1 aromatic rings. The minimum absolute atomic E-state index is 0.220. The Morgan fingerprint density at radius 3 is 2.71 bits per heavy atom. The van der Waals surface area contributed by atoms with Gasteiger partial charge in [0.15, 0.2) is 0 Å². The molecule has 0 spiro atoms. The molecule has 4 nitrogen and oxygen atoms in total. The molecule has 1 heterocycles. The van der Waals surface area contributed by atoms with E-state index >= 15 is 0 Å². The van der Waals surface area contributed by atoms with Crippen molar-refractivity contribution < 1.29 is 14.7 Å². The number of carbonyl (C=O) groups excluding carboxylic acids is 1. The number of likely N-dealkylation sites (tertiary alicyclic amines) is 1. The first-order chi connectivity index (χ1) is 9.99. The number of amides is 1. The zero-order chi connectivity index (χ0) is 15.4. The van der Waals surface area contributed by atoms with Crippen molar-refractivity contribution in [1.82, 2.24) is 4.90 Å².